The van der Waals surface area contributed by atoms with Gasteiger partial charge in [-0.2, -0.15) is 0 Å². The van der Waals surface area contributed by atoms with Crippen molar-refractivity contribution in [3.05, 3.63) is 47.8 Å². The van der Waals surface area contributed by atoms with Gasteiger partial charge in [-0.05, 0) is 43.5 Å². The average molecular weight is 340 g/mol. The lowest BCUT2D eigenvalue weighted by Crippen LogP contribution is -2.43. The minimum atomic E-state index is -0.0385. The van der Waals surface area contributed by atoms with E-state index < -0.39 is 0 Å². The lowest BCUT2D eigenvalue weighted by atomic mass is 9.97. The summed E-state index contributed by atoms with van der Waals surface area (Å²) in [7, 11) is 1.64. The van der Waals surface area contributed by atoms with E-state index in [2.05, 4.69) is 20.2 Å². The van der Waals surface area contributed by atoms with Crippen molar-refractivity contribution < 1.29 is 9.53 Å². The highest BCUT2D eigenvalue weighted by Gasteiger charge is 2.27. The summed E-state index contributed by atoms with van der Waals surface area (Å²) in [6, 6.07) is 9.63. The first-order valence-corrected chi connectivity index (χ1v) is 8.61. The van der Waals surface area contributed by atoms with Crippen LogP contribution in [0, 0.1) is 12.8 Å². The summed E-state index contributed by atoms with van der Waals surface area (Å²) in [6.45, 7) is 4.01. The zero-order chi connectivity index (χ0) is 17.6. The summed E-state index contributed by atoms with van der Waals surface area (Å²) < 4.78 is 5.22. The van der Waals surface area contributed by atoms with Crippen molar-refractivity contribution in [1.29, 1.82) is 0 Å². The number of aryl methyl sites for hydroxylation is 1. The van der Waals surface area contributed by atoms with Gasteiger partial charge in [0, 0.05) is 31.5 Å². The molecule has 2 heterocycles. The molecule has 2 aromatic rings. The van der Waals surface area contributed by atoms with Gasteiger partial charge in [0.25, 0.3) is 0 Å². The molecule has 0 spiro atoms. The lowest BCUT2D eigenvalue weighted by Gasteiger charge is -2.32. The minimum absolute atomic E-state index is 0.0385. The third-order valence-corrected chi connectivity index (χ3v) is 4.46. The van der Waals surface area contributed by atoms with Crippen LogP contribution in [0.1, 0.15) is 24.1 Å². The van der Waals surface area contributed by atoms with Crippen molar-refractivity contribution in [3.63, 3.8) is 0 Å². The van der Waals surface area contributed by atoms with E-state index in [0.29, 0.717) is 19.0 Å². The quantitative estimate of drug-likeness (QED) is 0.905. The smallest absolute Gasteiger partial charge is 0.225 e. The Bertz CT molecular complexity index is 735. The molecule has 1 unspecified atom stereocenters. The molecule has 1 N–H and O–H groups in total. The highest BCUT2D eigenvalue weighted by molar-refractivity contribution is 5.79. The number of piperidine rings is 1. The van der Waals surface area contributed by atoms with E-state index in [4.69, 9.17) is 4.74 Å². The number of aromatic nitrogens is 2. The molecule has 0 saturated carbocycles. The SMILES string of the molecule is COc1cccc(CNC(=O)C2CCCN(c3nccc(C)n3)C2)c1. The van der Waals surface area contributed by atoms with Crippen molar-refractivity contribution in [2.75, 3.05) is 25.1 Å². The molecule has 0 aliphatic carbocycles. The topological polar surface area (TPSA) is 67.3 Å². The number of benzene rings is 1. The van der Waals surface area contributed by atoms with E-state index >= 15 is 0 Å². The molecule has 1 fully saturated rings. The Morgan fingerprint density at radius 3 is 3.08 bits per heavy atom. The maximum absolute atomic E-state index is 12.6. The number of hydrogen-bond acceptors (Lipinski definition) is 5. The van der Waals surface area contributed by atoms with Crippen LogP contribution < -0.4 is 15.0 Å². The Labute approximate surface area is 148 Å². The lowest BCUT2D eigenvalue weighted by molar-refractivity contribution is -0.125. The first-order valence-electron chi connectivity index (χ1n) is 8.61. The third-order valence-electron chi connectivity index (χ3n) is 4.46. The molecule has 1 aromatic heterocycles. The van der Waals surface area contributed by atoms with Crippen LogP contribution in [0.3, 0.4) is 0 Å². The van der Waals surface area contributed by atoms with E-state index in [1.54, 1.807) is 13.3 Å². The van der Waals surface area contributed by atoms with E-state index in [1.165, 1.54) is 0 Å². The summed E-state index contributed by atoms with van der Waals surface area (Å²) in [5.41, 5.74) is 1.97. The molecule has 6 heteroatoms. The number of anilines is 1. The average Bonchev–Trinajstić information content (AvgIpc) is 2.66. The van der Waals surface area contributed by atoms with Gasteiger partial charge in [-0.1, -0.05) is 12.1 Å². The summed E-state index contributed by atoms with van der Waals surface area (Å²) >= 11 is 0. The Morgan fingerprint density at radius 1 is 1.40 bits per heavy atom. The predicted molar refractivity (Wildman–Crippen MR) is 96.5 cm³/mol. The molecule has 1 amide bonds. The number of hydrogen-bond donors (Lipinski definition) is 1. The Hall–Kier alpha value is -2.63. The van der Waals surface area contributed by atoms with Gasteiger partial charge in [0.2, 0.25) is 11.9 Å². The zero-order valence-corrected chi connectivity index (χ0v) is 14.7. The van der Waals surface area contributed by atoms with Crippen LogP contribution in [0.2, 0.25) is 0 Å². The second-order valence-corrected chi connectivity index (χ2v) is 6.35. The normalized spacial score (nSPS) is 17.2. The Morgan fingerprint density at radius 2 is 2.28 bits per heavy atom. The van der Waals surface area contributed by atoms with Crippen LogP contribution in [-0.4, -0.2) is 36.1 Å². The van der Waals surface area contributed by atoms with Crippen molar-refractivity contribution in [2.45, 2.75) is 26.3 Å². The summed E-state index contributed by atoms with van der Waals surface area (Å²) in [5.74, 6) is 1.56. The van der Waals surface area contributed by atoms with Crippen LogP contribution >= 0.6 is 0 Å². The highest BCUT2D eigenvalue weighted by atomic mass is 16.5. The van der Waals surface area contributed by atoms with Gasteiger partial charge in [-0.3, -0.25) is 4.79 Å². The summed E-state index contributed by atoms with van der Waals surface area (Å²) in [6.07, 6.45) is 3.63. The number of nitrogens with one attached hydrogen (secondary N) is 1. The van der Waals surface area contributed by atoms with Crippen molar-refractivity contribution in [2.24, 2.45) is 5.92 Å². The number of amides is 1. The van der Waals surface area contributed by atoms with Crippen molar-refractivity contribution >= 4 is 11.9 Å². The fourth-order valence-electron chi connectivity index (χ4n) is 3.08. The molecule has 1 atom stereocenters. The Balaban J connectivity index is 1.58. The van der Waals surface area contributed by atoms with Gasteiger partial charge < -0.3 is 15.0 Å². The van der Waals surface area contributed by atoms with Crippen LogP contribution in [0.25, 0.3) is 0 Å². The molecule has 25 heavy (non-hydrogen) atoms. The fourth-order valence-corrected chi connectivity index (χ4v) is 3.08. The minimum Gasteiger partial charge on any atom is -0.497 e. The van der Waals surface area contributed by atoms with Crippen LogP contribution in [-0.2, 0) is 11.3 Å². The number of ether oxygens (including phenoxy) is 1. The van der Waals surface area contributed by atoms with Gasteiger partial charge in [-0.15, -0.1) is 0 Å². The number of nitrogens with zero attached hydrogens (tertiary/aromatic N) is 3. The molecule has 1 aromatic carbocycles. The molecule has 132 valence electrons. The van der Waals surface area contributed by atoms with Gasteiger partial charge in [-0.25, -0.2) is 9.97 Å². The summed E-state index contributed by atoms with van der Waals surface area (Å²) in [5, 5.41) is 3.04. The molecule has 1 saturated heterocycles. The second kappa shape index (κ2) is 7.96. The fraction of sp³-hybridized carbons (Fsp3) is 0.421. The summed E-state index contributed by atoms with van der Waals surface area (Å²) in [4.78, 5) is 23.5. The van der Waals surface area contributed by atoms with Gasteiger partial charge in [0.05, 0.1) is 13.0 Å². The van der Waals surface area contributed by atoms with Gasteiger partial charge in [0.1, 0.15) is 5.75 Å². The monoisotopic (exact) mass is 340 g/mol. The number of carbonyl (C=O) groups is 1. The second-order valence-electron chi connectivity index (χ2n) is 6.35. The largest absolute Gasteiger partial charge is 0.497 e. The molecule has 3 rings (SSSR count). The molecule has 1 aliphatic rings. The van der Waals surface area contributed by atoms with E-state index in [0.717, 1.165) is 36.4 Å². The zero-order valence-electron chi connectivity index (χ0n) is 14.7. The molecular weight excluding hydrogens is 316 g/mol. The first-order chi connectivity index (χ1) is 12.2. The van der Waals surface area contributed by atoms with E-state index in [1.807, 2.05) is 37.3 Å². The predicted octanol–water partition coefficient (Wildman–Crippen LogP) is 2.33. The van der Waals surface area contributed by atoms with Gasteiger partial charge in [0.15, 0.2) is 0 Å². The van der Waals surface area contributed by atoms with Crippen LogP contribution in [0.4, 0.5) is 5.95 Å². The number of carbonyl (C=O) groups excluding carboxylic acids is 1. The van der Waals surface area contributed by atoms with E-state index in [9.17, 15) is 4.79 Å². The van der Waals surface area contributed by atoms with Crippen molar-refractivity contribution in [1.82, 2.24) is 15.3 Å². The Kier molecular flexibility index (Phi) is 5.48. The molecular formula is C19H24N4O2. The maximum Gasteiger partial charge on any atom is 0.225 e. The molecule has 0 bridgehead atoms. The van der Waals surface area contributed by atoms with Crippen LogP contribution in [0.15, 0.2) is 36.5 Å². The van der Waals surface area contributed by atoms with Crippen molar-refractivity contribution in [3.8, 4) is 5.75 Å². The maximum atomic E-state index is 12.6. The van der Waals surface area contributed by atoms with E-state index in [-0.39, 0.29) is 11.8 Å². The standard InChI is InChI=1S/C19H24N4O2/c1-14-8-9-20-19(22-14)23-10-4-6-16(13-23)18(24)21-12-15-5-3-7-17(11-15)25-2/h3,5,7-9,11,16H,4,6,10,12-13H2,1-2H3,(H,21,24). The molecule has 0 radical (unpaired) electrons. The van der Waals surface area contributed by atoms with Gasteiger partial charge >= 0.3 is 0 Å². The molecule has 1 aliphatic heterocycles. The van der Waals surface area contributed by atoms with Crippen LogP contribution in [0.5, 0.6) is 5.75 Å². The third kappa shape index (κ3) is 4.47. The number of rotatable bonds is 5. The first kappa shape index (κ1) is 17.2. The highest BCUT2D eigenvalue weighted by Crippen LogP contribution is 2.21. The number of methoxy groups -OCH3 is 1. The molecule has 6 nitrogen and oxygen atoms in total.